The van der Waals surface area contributed by atoms with E-state index in [1.807, 2.05) is 6.07 Å². The van der Waals surface area contributed by atoms with E-state index in [9.17, 15) is 0 Å². The summed E-state index contributed by atoms with van der Waals surface area (Å²) in [7, 11) is 4.95. The van der Waals surface area contributed by atoms with Crippen molar-refractivity contribution in [1.29, 1.82) is 0 Å². The zero-order chi connectivity index (χ0) is 15.9. The Labute approximate surface area is 133 Å². The lowest BCUT2D eigenvalue weighted by molar-refractivity contribution is 0.313. The quantitative estimate of drug-likeness (QED) is 0.807. The van der Waals surface area contributed by atoms with Crippen molar-refractivity contribution in [2.45, 2.75) is 38.3 Å². The lowest BCUT2D eigenvalue weighted by Gasteiger charge is -2.31. The van der Waals surface area contributed by atoms with Crippen LogP contribution in [-0.4, -0.2) is 46.5 Å². The number of hydrogen-bond acceptors (Lipinski definition) is 5. The van der Waals surface area contributed by atoms with E-state index in [4.69, 9.17) is 14.2 Å². The van der Waals surface area contributed by atoms with Crippen LogP contribution in [0.3, 0.4) is 0 Å². The van der Waals surface area contributed by atoms with Gasteiger partial charge < -0.3 is 24.8 Å². The first-order valence-corrected chi connectivity index (χ1v) is 7.98. The van der Waals surface area contributed by atoms with Gasteiger partial charge in [-0.3, -0.25) is 0 Å². The second-order valence-corrected chi connectivity index (χ2v) is 5.70. The molecule has 2 N–H and O–H groups in total. The third kappa shape index (κ3) is 3.84. The van der Waals surface area contributed by atoms with E-state index in [0.29, 0.717) is 23.6 Å². The maximum absolute atomic E-state index is 5.56. The largest absolute Gasteiger partial charge is 0.493 e. The number of ether oxygens (including phenoxy) is 3. The molecule has 124 valence electrons. The summed E-state index contributed by atoms with van der Waals surface area (Å²) in [5.74, 6) is 2.12. The molecule has 5 heteroatoms. The first-order valence-electron chi connectivity index (χ1n) is 7.98. The molecule has 0 spiro atoms. The lowest BCUT2D eigenvalue weighted by atomic mass is 10.0. The molecule has 0 aliphatic carbocycles. The van der Waals surface area contributed by atoms with E-state index in [1.54, 1.807) is 21.3 Å². The van der Waals surface area contributed by atoms with Gasteiger partial charge in [-0.15, -0.1) is 0 Å². The van der Waals surface area contributed by atoms with Crippen LogP contribution in [0.5, 0.6) is 17.2 Å². The fourth-order valence-corrected chi connectivity index (χ4v) is 3.05. The third-order valence-corrected chi connectivity index (χ3v) is 4.20. The molecule has 2 atom stereocenters. The summed E-state index contributed by atoms with van der Waals surface area (Å²) in [6, 6.07) is 4.99. The zero-order valence-corrected chi connectivity index (χ0v) is 14.1. The average Bonchev–Trinajstić information content (AvgIpc) is 2.56. The second-order valence-electron chi connectivity index (χ2n) is 5.70. The molecule has 1 aromatic carbocycles. The minimum absolute atomic E-state index is 0.403. The first-order chi connectivity index (χ1) is 10.7. The highest BCUT2D eigenvalue weighted by Gasteiger charge is 2.22. The molecule has 0 saturated carbocycles. The van der Waals surface area contributed by atoms with Gasteiger partial charge in [-0.1, -0.05) is 19.4 Å². The molecule has 5 nitrogen and oxygen atoms in total. The minimum Gasteiger partial charge on any atom is -0.493 e. The van der Waals surface area contributed by atoms with Gasteiger partial charge in [-0.05, 0) is 24.5 Å². The number of rotatable bonds is 7. The van der Waals surface area contributed by atoms with Crippen LogP contribution < -0.4 is 24.8 Å². The molecular formula is C17H28N2O3. The molecule has 1 saturated heterocycles. The number of hydrogen-bond donors (Lipinski definition) is 2. The van der Waals surface area contributed by atoms with Gasteiger partial charge in [0.25, 0.3) is 0 Å². The standard InChI is InChI=1S/C17H28N2O3/c1-5-6-13-10-19-14(11-18-13)9-12-7-8-15(20-2)17(22-4)16(12)21-3/h7-8,13-14,18-19H,5-6,9-11H2,1-4H3. The molecule has 0 bridgehead atoms. The molecule has 2 rings (SSSR count). The Bertz CT molecular complexity index is 471. The smallest absolute Gasteiger partial charge is 0.203 e. The highest BCUT2D eigenvalue weighted by Crippen LogP contribution is 2.40. The van der Waals surface area contributed by atoms with Crippen molar-refractivity contribution in [2.75, 3.05) is 34.4 Å². The van der Waals surface area contributed by atoms with Crippen molar-refractivity contribution in [3.05, 3.63) is 17.7 Å². The van der Waals surface area contributed by atoms with Crippen LogP contribution >= 0.6 is 0 Å². The van der Waals surface area contributed by atoms with Crippen LogP contribution in [-0.2, 0) is 6.42 Å². The summed E-state index contributed by atoms with van der Waals surface area (Å²) < 4.78 is 16.3. The molecule has 2 unspecified atom stereocenters. The summed E-state index contributed by atoms with van der Waals surface area (Å²) in [6.07, 6.45) is 3.34. The van der Waals surface area contributed by atoms with Gasteiger partial charge in [0, 0.05) is 25.2 Å². The van der Waals surface area contributed by atoms with E-state index in [2.05, 4.69) is 23.6 Å². The molecule has 1 aromatic rings. The molecule has 22 heavy (non-hydrogen) atoms. The predicted molar refractivity (Wildman–Crippen MR) is 88.3 cm³/mol. The summed E-state index contributed by atoms with van der Waals surface area (Å²) in [4.78, 5) is 0. The summed E-state index contributed by atoms with van der Waals surface area (Å²) >= 11 is 0. The molecule has 1 aliphatic rings. The molecule has 0 amide bonds. The van der Waals surface area contributed by atoms with Crippen LogP contribution in [0, 0.1) is 0 Å². The van der Waals surface area contributed by atoms with Crippen molar-refractivity contribution >= 4 is 0 Å². The Hall–Kier alpha value is -1.46. The van der Waals surface area contributed by atoms with Crippen LogP contribution in [0.4, 0.5) is 0 Å². The number of methoxy groups -OCH3 is 3. The fraction of sp³-hybridized carbons (Fsp3) is 0.647. The predicted octanol–water partition coefficient (Wildman–Crippen LogP) is 1.98. The third-order valence-electron chi connectivity index (χ3n) is 4.20. The molecular weight excluding hydrogens is 280 g/mol. The van der Waals surface area contributed by atoms with Crippen molar-refractivity contribution in [2.24, 2.45) is 0 Å². The summed E-state index contributed by atoms with van der Waals surface area (Å²) in [5, 5.41) is 7.25. The minimum atomic E-state index is 0.403. The van der Waals surface area contributed by atoms with Gasteiger partial charge in [-0.25, -0.2) is 0 Å². The normalized spacial score (nSPS) is 21.5. The Morgan fingerprint density at radius 1 is 0.955 bits per heavy atom. The van der Waals surface area contributed by atoms with Crippen molar-refractivity contribution in [1.82, 2.24) is 10.6 Å². The van der Waals surface area contributed by atoms with Gasteiger partial charge in [0.1, 0.15) is 0 Å². The highest BCUT2D eigenvalue weighted by atomic mass is 16.5. The molecule has 1 aliphatic heterocycles. The maximum atomic E-state index is 5.56. The van der Waals surface area contributed by atoms with E-state index in [0.717, 1.165) is 30.8 Å². The van der Waals surface area contributed by atoms with Crippen molar-refractivity contribution in [3.63, 3.8) is 0 Å². The number of nitrogens with one attached hydrogen (secondary N) is 2. The van der Waals surface area contributed by atoms with Gasteiger partial charge in [0.05, 0.1) is 21.3 Å². The Balaban J connectivity index is 2.07. The molecule has 0 radical (unpaired) electrons. The molecule has 1 fully saturated rings. The van der Waals surface area contributed by atoms with Gasteiger partial charge in [-0.2, -0.15) is 0 Å². The van der Waals surface area contributed by atoms with Crippen LogP contribution in [0.25, 0.3) is 0 Å². The Morgan fingerprint density at radius 3 is 2.18 bits per heavy atom. The summed E-state index contributed by atoms with van der Waals surface area (Å²) in [5.41, 5.74) is 1.13. The SMILES string of the molecule is CCCC1CNC(Cc2ccc(OC)c(OC)c2OC)CN1. The van der Waals surface area contributed by atoms with E-state index < -0.39 is 0 Å². The monoisotopic (exact) mass is 308 g/mol. The first kappa shape index (κ1) is 16.9. The van der Waals surface area contributed by atoms with Gasteiger partial charge in [0.15, 0.2) is 11.5 Å². The molecule has 1 heterocycles. The van der Waals surface area contributed by atoms with Crippen LogP contribution in [0.2, 0.25) is 0 Å². The highest BCUT2D eigenvalue weighted by molar-refractivity contribution is 5.56. The van der Waals surface area contributed by atoms with Crippen molar-refractivity contribution < 1.29 is 14.2 Å². The topological polar surface area (TPSA) is 51.8 Å². The molecule has 0 aromatic heterocycles. The van der Waals surface area contributed by atoms with E-state index in [1.165, 1.54) is 12.8 Å². The second kappa shape index (κ2) is 8.25. The van der Waals surface area contributed by atoms with Crippen LogP contribution in [0.1, 0.15) is 25.3 Å². The van der Waals surface area contributed by atoms with Gasteiger partial charge in [0.2, 0.25) is 5.75 Å². The van der Waals surface area contributed by atoms with Gasteiger partial charge >= 0.3 is 0 Å². The number of benzene rings is 1. The average molecular weight is 308 g/mol. The lowest BCUT2D eigenvalue weighted by Crippen LogP contribution is -2.54. The number of piperazine rings is 1. The Kier molecular flexibility index (Phi) is 6.34. The summed E-state index contributed by atoms with van der Waals surface area (Å²) in [6.45, 7) is 4.22. The maximum Gasteiger partial charge on any atom is 0.203 e. The zero-order valence-electron chi connectivity index (χ0n) is 14.1. The van der Waals surface area contributed by atoms with Crippen LogP contribution in [0.15, 0.2) is 12.1 Å². The Morgan fingerprint density at radius 2 is 1.64 bits per heavy atom. The van der Waals surface area contributed by atoms with E-state index in [-0.39, 0.29) is 0 Å². The fourth-order valence-electron chi connectivity index (χ4n) is 3.05. The van der Waals surface area contributed by atoms with Crippen molar-refractivity contribution in [3.8, 4) is 17.2 Å². The van der Waals surface area contributed by atoms with E-state index >= 15 is 0 Å².